The number of hydrogen-bond acceptors (Lipinski definition) is 4. The van der Waals surface area contributed by atoms with Crippen molar-refractivity contribution in [2.24, 2.45) is 0 Å². The van der Waals surface area contributed by atoms with Crippen LogP contribution in [0.4, 0.5) is 4.39 Å². The Kier molecular flexibility index (Phi) is 4.12. The number of amides is 2. The molecule has 0 aliphatic carbocycles. The summed E-state index contributed by atoms with van der Waals surface area (Å²) < 4.78 is 18.5. The van der Waals surface area contributed by atoms with E-state index in [0.717, 1.165) is 11.0 Å². The van der Waals surface area contributed by atoms with Gasteiger partial charge in [0.25, 0.3) is 11.8 Å². The summed E-state index contributed by atoms with van der Waals surface area (Å²) in [4.78, 5) is 37.2. The first-order valence-corrected chi connectivity index (χ1v) is 7.37. The molecule has 0 saturated heterocycles. The summed E-state index contributed by atoms with van der Waals surface area (Å²) in [6.45, 7) is 1.39. The molecule has 1 heterocycles. The number of esters is 1. The molecular weight excluding hydrogens is 313 g/mol. The lowest BCUT2D eigenvalue weighted by atomic mass is 10.1. The van der Waals surface area contributed by atoms with Crippen molar-refractivity contribution in [1.82, 2.24) is 4.90 Å². The van der Waals surface area contributed by atoms with Gasteiger partial charge in [-0.15, -0.1) is 0 Å². The molecule has 1 aliphatic rings. The highest BCUT2D eigenvalue weighted by Crippen LogP contribution is 2.22. The number of rotatable bonds is 4. The number of hydrogen-bond donors (Lipinski definition) is 0. The smallest absolute Gasteiger partial charge is 0.338 e. The molecule has 122 valence electrons. The van der Waals surface area contributed by atoms with Crippen molar-refractivity contribution in [3.8, 4) is 0 Å². The number of benzene rings is 2. The molecule has 0 fully saturated rings. The van der Waals surface area contributed by atoms with Crippen molar-refractivity contribution < 1.29 is 23.5 Å². The van der Waals surface area contributed by atoms with E-state index in [1.165, 1.54) is 12.1 Å². The van der Waals surface area contributed by atoms with E-state index >= 15 is 0 Å². The van der Waals surface area contributed by atoms with Crippen LogP contribution in [0.2, 0.25) is 0 Å². The normalized spacial score (nSPS) is 13.2. The van der Waals surface area contributed by atoms with E-state index in [0.29, 0.717) is 16.7 Å². The summed E-state index contributed by atoms with van der Waals surface area (Å²) in [6, 6.07) is 10.6. The predicted octanol–water partition coefficient (Wildman–Crippen LogP) is 2.59. The topological polar surface area (TPSA) is 63.7 Å². The fraction of sp³-hybridized carbons (Fsp3) is 0.167. The third kappa shape index (κ3) is 2.78. The molecule has 0 N–H and O–H groups in total. The van der Waals surface area contributed by atoms with Crippen molar-refractivity contribution >= 4 is 17.8 Å². The summed E-state index contributed by atoms with van der Waals surface area (Å²) in [5.41, 5.74) is 1.20. The van der Waals surface area contributed by atoms with E-state index < -0.39 is 23.6 Å². The average Bonchev–Trinajstić information content (AvgIpc) is 2.82. The monoisotopic (exact) mass is 327 g/mol. The molecule has 0 spiro atoms. The van der Waals surface area contributed by atoms with Crippen molar-refractivity contribution in [3.05, 3.63) is 70.5 Å². The second-order valence-corrected chi connectivity index (χ2v) is 5.41. The minimum absolute atomic E-state index is 0.0492. The highest BCUT2D eigenvalue weighted by molar-refractivity contribution is 6.21. The predicted molar refractivity (Wildman–Crippen MR) is 83.2 cm³/mol. The Bertz CT molecular complexity index is 812. The molecule has 0 saturated carbocycles. The Labute approximate surface area is 137 Å². The lowest BCUT2D eigenvalue weighted by Crippen LogP contribution is -2.33. The number of ether oxygens (including phenoxy) is 1. The summed E-state index contributed by atoms with van der Waals surface area (Å²) in [7, 11) is 0. The van der Waals surface area contributed by atoms with Crippen LogP contribution in [0.5, 0.6) is 0 Å². The van der Waals surface area contributed by atoms with E-state index in [-0.39, 0.29) is 18.7 Å². The van der Waals surface area contributed by atoms with Gasteiger partial charge in [0.1, 0.15) is 12.4 Å². The molecule has 6 heteroatoms. The zero-order valence-corrected chi connectivity index (χ0v) is 12.9. The van der Waals surface area contributed by atoms with E-state index in [1.807, 2.05) is 0 Å². The van der Waals surface area contributed by atoms with Gasteiger partial charge in [0.2, 0.25) is 0 Å². The number of aryl methyl sites for hydroxylation is 1. The third-order valence-corrected chi connectivity index (χ3v) is 3.83. The molecule has 5 nitrogen and oxygen atoms in total. The van der Waals surface area contributed by atoms with Crippen LogP contribution in [0, 0.1) is 12.7 Å². The number of nitrogens with zero attached hydrogens (tertiary/aromatic N) is 1. The van der Waals surface area contributed by atoms with Gasteiger partial charge in [-0.2, -0.15) is 0 Å². The number of fused-ring (bicyclic) bond motifs is 1. The van der Waals surface area contributed by atoms with Crippen LogP contribution in [-0.4, -0.2) is 35.8 Å². The Hall–Kier alpha value is -3.02. The first kappa shape index (κ1) is 15.9. The minimum atomic E-state index is -0.703. The Balaban J connectivity index is 1.61. The van der Waals surface area contributed by atoms with E-state index in [9.17, 15) is 18.8 Å². The summed E-state index contributed by atoms with van der Waals surface area (Å²) in [5, 5.41) is 0. The van der Waals surface area contributed by atoms with Crippen molar-refractivity contribution in [2.45, 2.75) is 6.92 Å². The van der Waals surface area contributed by atoms with Gasteiger partial charge in [0.15, 0.2) is 0 Å². The van der Waals surface area contributed by atoms with Gasteiger partial charge in [-0.1, -0.05) is 18.2 Å². The fourth-order valence-electron chi connectivity index (χ4n) is 2.48. The van der Waals surface area contributed by atoms with Gasteiger partial charge in [-0.3, -0.25) is 14.5 Å². The maximum Gasteiger partial charge on any atom is 0.338 e. The van der Waals surface area contributed by atoms with Crippen LogP contribution < -0.4 is 0 Å². The second kappa shape index (κ2) is 6.23. The van der Waals surface area contributed by atoms with Gasteiger partial charge in [-0.25, -0.2) is 9.18 Å². The van der Waals surface area contributed by atoms with Gasteiger partial charge < -0.3 is 4.74 Å². The zero-order chi connectivity index (χ0) is 17.3. The maximum atomic E-state index is 13.5. The van der Waals surface area contributed by atoms with E-state index in [1.54, 1.807) is 31.2 Å². The molecule has 2 aromatic carbocycles. The largest absolute Gasteiger partial charge is 0.460 e. The van der Waals surface area contributed by atoms with Crippen LogP contribution in [0.3, 0.4) is 0 Å². The van der Waals surface area contributed by atoms with Gasteiger partial charge in [-0.05, 0) is 36.8 Å². The molecule has 0 atom stereocenters. The number of imide groups is 1. The molecule has 0 unspecified atom stereocenters. The first-order chi connectivity index (χ1) is 11.5. The van der Waals surface area contributed by atoms with Crippen LogP contribution in [-0.2, 0) is 4.74 Å². The molecule has 2 amide bonds. The average molecular weight is 327 g/mol. The summed E-state index contributed by atoms with van der Waals surface area (Å²) in [6.07, 6.45) is 0. The van der Waals surface area contributed by atoms with Gasteiger partial charge >= 0.3 is 5.97 Å². The standard InChI is InChI=1S/C18H14FNO4/c1-11-6-7-12(10-15(11)19)18(23)24-9-8-20-16(21)13-4-2-3-5-14(13)17(20)22/h2-7,10H,8-9H2,1H3. The van der Waals surface area contributed by atoms with Gasteiger partial charge in [0.05, 0.1) is 23.2 Å². The Morgan fingerprint density at radius 2 is 1.71 bits per heavy atom. The minimum Gasteiger partial charge on any atom is -0.460 e. The molecule has 0 bridgehead atoms. The van der Waals surface area contributed by atoms with Crippen LogP contribution in [0.1, 0.15) is 36.6 Å². The zero-order valence-electron chi connectivity index (χ0n) is 12.9. The second-order valence-electron chi connectivity index (χ2n) is 5.41. The van der Waals surface area contributed by atoms with Crippen molar-refractivity contribution in [2.75, 3.05) is 13.2 Å². The molecule has 24 heavy (non-hydrogen) atoms. The van der Waals surface area contributed by atoms with Gasteiger partial charge in [0, 0.05) is 0 Å². The first-order valence-electron chi connectivity index (χ1n) is 7.37. The molecule has 3 rings (SSSR count). The van der Waals surface area contributed by atoms with E-state index in [2.05, 4.69) is 0 Å². The number of halogens is 1. The molecular formula is C18H14FNO4. The van der Waals surface area contributed by atoms with E-state index in [4.69, 9.17) is 4.74 Å². The Morgan fingerprint density at radius 1 is 1.08 bits per heavy atom. The van der Waals surface area contributed by atoms with Crippen LogP contribution >= 0.6 is 0 Å². The molecule has 0 aromatic heterocycles. The van der Waals surface area contributed by atoms with Crippen molar-refractivity contribution in [1.29, 1.82) is 0 Å². The highest BCUT2D eigenvalue weighted by Gasteiger charge is 2.34. The lowest BCUT2D eigenvalue weighted by molar-refractivity contribution is 0.0420. The van der Waals surface area contributed by atoms with Crippen molar-refractivity contribution in [3.63, 3.8) is 0 Å². The Morgan fingerprint density at radius 3 is 2.29 bits per heavy atom. The highest BCUT2D eigenvalue weighted by atomic mass is 19.1. The lowest BCUT2D eigenvalue weighted by Gasteiger charge is -2.13. The third-order valence-electron chi connectivity index (χ3n) is 3.83. The number of carbonyl (C=O) groups is 3. The number of carbonyl (C=O) groups excluding carboxylic acids is 3. The molecule has 1 aliphatic heterocycles. The maximum absolute atomic E-state index is 13.5. The van der Waals surface area contributed by atoms with Crippen LogP contribution in [0.25, 0.3) is 0 Å². The van der Waals surface area contributed by atoms with Crippen LogP contribution in [0.15, 0.2) is 42.5 Å². The summed E-state index contributed by atoms with van der Waals surface area (Å²) in [5.74, 6) is -2.02. The SMILES string of the molecule is Cc1ccc(C(=O)OCCN2C(=O)c3ccccc3C2=O)cc1F. The fourth-order valence-corrected chi connectivity index (χ4v) is 2.48. The summed E-state index contributed by atoms with van der Waals surface area (Å²) >= 11 is 0. The molecule has 0 radical (unpaired) electrons. The molecule has 2 aromatic rings. The quantitative estimate of drug-likeness (QED) is 0.639.